The van der Waals surface area contributed by atoms with Crippen molar-refractivity contribution in [2.24, 2.45) is 16.1 Å². The molecule has 0 bridgehead atoms. The van der Waals surface area contributed by atoms with Gasteiger partial charge >= 0.3 is 5.97 Å². The molecule has 2 aromatic carbocycles. The van der Waals surface area contributed by atoms with Gasteiger partial charge in [-0.15, -0.1) is 0 Å². The predicted octanol–water partition coefficient (Wildman–Crippen LogP) is 3.24. The van der Waals surface area contributed by atoms with E-state index in [-0.39, 0.29) is 17.4 Å². The lowest BCUT2D eigenvalue weighted by molar-refractivity contribution is -0.140. The van der Waals surface area contributed by atoms with Crippen molar-refractivity contribution in [1.82, 2.24) is 4.90 Å². The Kier molecular flexibility index (Phi) is 6.00. The highest BCUT2D eigenvalue weighted by Crippen LogP contribution is 2.47. The Balaban J connectivity index is 2.10. The van der Waals surface area contributed by atoms with Crippen molar-refractivity contribution in [3.8, 4) is 5.75 Å². The Morgan fingerprint density at radius 3 is 2.47 bits per heavy atom. The van der Waals surface area contributed by atoms with Crippen molar-refractivity contribution in [3.63, 3.8) is 0 Å². The number of carbonyl (C=O) groups is 2. The number of hydrogen-bond donors (Lipinski definition) is 1. The number of rotatable bonds is 5. The third kappa shape index (κ3) is 3.70. The summed E-state index contributed by atoms with van der Waals surface area (Å²) in [6.07, 6.45) is 0.366. The molecule has 8 heteroatoms. The van der Waals surface area contributed by atoms with E-state index in [0.29, 0.717) is 17.7 Å². The van der Waals surface area contributed by atoms with Crippen LogP contribution >= 0.6 is 0 Å². The van der Waals surface area contributed by atoms with Crippen LogP contribution in [0.1, 0.15) is 47.8 Å². The van der Waals surface area contributed by atoms with Crippen molar-refractivity contribution in [2.75, 3.05) is 21.3 Å². The monoisotopic (exact) mass is 441 g/mol. The third-order valence-electron chi connectivity index (χ3n) is 6.39. The molecule has 0 saturated carbocycles. The van der Waals surface area contributed by atoms with Crippen LogP contribution in [0.15, 0.2) is 41.4 Å². The Hall–Kier alpha value is -3.42. The maximum Gasteiger partial charge on any atom is 0.337 e. The Morgan fingerprint density at radius 2 is 1.84 bits per heavy atom. The number of nitrogens with zero attached hydrogens (tertiary/aromatic N) is 2. The van der Waals surface area contributed by atoms with Crippen LogP contribution in [0.2, 0.25) is 0 Å². The number of hydrogen-bond acceptors (Lipinski definition) is 6. The van der Waals surface area contributed by atoms with Gasteiger partial charge in [0.2, 0.25) is 5.91 Å². The van der Waals surface area contributed by atoms with Gasteiger partial charge in [-0.2, -0.15) is 0 Å². The van der Waals surface area contributed by atoms with Gasteiger partial charge in [-0.05, 0) is 56.2 Å². The summed E-state index contributed by atoms with van der Waals surface area (Å²) in [5.41, 5.74) is 5.89. The van der Waals surface area contributed by atoms with Gasteiger partial charge in [0.1, 0.15) is 17.1 Å². The summed E-state index contributed by atoms with van der Waals surface area (Å²) < 4.78 is 25.3. The normalized spacial score (nSPS) is 20.0. The minimum atomic E-state index is -1.21. The van der Waals surface area contributed by atoms with Crippen LogP contribution in [-0.4, -0.2) is 44.0 Å². The second kappa shape index (κ2) is 8.26. The van der Waals surface area contributed by atoms with Gasteiger partial charge in [-0.3, -0.25) is 9.69 Å². The molecule has 1 aliphatic rings. The Bertz CT molecular complexity index is 1110. The molecule has 0 spiro atoms. The topological polar surface area (TPSA) is 94.2 Å². The van der Waals surface area contributed by atoms with E-state index in [2.05, 4.69) is 4.99 Å². The average molecular weight is 442 g/mol. The first kappa shape index (κ1) is 23.2. The minimum absolute atomic E-state index is 0.0362. The number of carbonyl (C=O) groups excluding carboxylic acids is 2. The molecule has 0 radical (unpaired) electrons. The summed E-state index contributed by atoms with van der Waals surface area (Å²) in [7, 11) is 4.41. The number of amides is 1. The van der Waals surface area contributed by atoms with E-state index in [0.717, 1.165) is 11.1 Å². The van der Waals surface area contributed by atoms with Crippen LogP contribution < -0.4 is 10.5 Å². The van der Waals surface area contributed by atoms with Crippen molar-refractivity contribution >= 4 is 17.8 Å². The number of ether oxygens (including phenoxy) is 2. The first-order valence-electron chi connectivity index (χ1n) is 10.1. The number of esters is 1. The molecule has 32 heavy (non-hydrogen) atoms. The number of nitrogens with two attached hydrogens (primary N) is 1. The zero-order valence-corrected chi connectivity index (χ0v) is 19.2. The molecule has 0 fully saturated rings. The summed E-state index contributed by atoms with van der Waals surface area (Å²) in [4.78, 5) is 30.7. The molecule has 170 valence electrons. The van der Waals surface area contributed by atoms with E-state index in [1.807, 2.05) is 0 Å². The summed E-state index contributed by atoms with van der Waals surface area (Å²) in [6, 6.07) is 9.71. The molecule has 7 nitrogen and oxygen atoms in total. The fourth-order valence-corrected chi connectivity index (χ4v) is 4.01. The summed E-state index contributed by atoms with van der Waals surface area (Å²) in [5, 5.41) is 0. The lowest BCUT2D eigenvalue weighted by Gasteiger charge is -2.46. The molecule has 1 heterocycles. The maximum absolute atomic E-state index is 15.1. The zero-order chi connectivity index (χ0) is 23.8. The Labute approximate surface area is 187 Å². The largest absolute Gasteiger partial charge is 0.496 e. The summed E-state index contributed by atoms with van der Waals surface area (Å²) in [6.45, 7) is 5.18. The van der Waals surface area contributed by atoms with E-state index in [1.165, 1.54) is 25.2 Å². The molecule has 3 rings (SSSR count). The number of aliphatic imine (C=N–C) groups is 1. The van der Waals surface area contributed by atoms with Crippen molar-refractivity contribution in [1.29, 1.82) is 0 Å². The molecule has 2 N–H and O–H groups in total. The minimum Gasteiger partial charge on any atom is -0.496 e. The first-order valence-corrected chi connectivity index (χ1v) is 10.1. The highest BCUT2D eigenvalue weighted by molar-refractivity contribution is 6.01. The molecular weight excluding hydrogens is 413 g/mol. The molecular formula is C24H28FN3O4. The highest BCUT2D eigenvalue weighted by Gasteiger charge is 2.53. The fourth-order valence-electron chi connectivity index (χ4n) is 4.01. The van der Waals surface area contributed by atoms with Crippen LogP contribution in [0, 0.1) is 11.2 Å². The number of halogens is 1. The van der Waals surface area contributed by atoms with Crippen molar-refractivity contribution in [3.05, 3.63) is 64.5 Å². The van der Waals surface area contributed by atoms with Crippen LogP contribution in [0.4, 0.5) is 4.39 Å². The second-order valence-corrected chi connectivity index (χ2v) is 8.54. The molecule has 0 aromatic heterocycles. The smallest absolute Gasteiger partial charge is 0.337 e. The summed E-state index contributed by atoms with van der Waals surface area (Å²) >= 11 is 0. The second-order valence-electron chi connectivity index (χ2n) is 8.54. The van der Waals surface area contributed by atoms with Gasteiger partial charge in [-0.25, -0.2) is 14.2 Å². The fraction of sp³-hybridized carbons (Fsp3) is 0.375. The van der Waals surface area contributed by atoms with Gasteiger partial charge in [0, 0.05) is 19.0 Å². The predicted molar refractivity (Wildman–Crippen MR) is 119 cm³/mol. The van der Waals surface area contributed by atoms with Gasteiger partial charge in [0.25, 0.3) is 0 Å². The maximum atomic E-state index is 15.1. The third-order valence-corrected chi connectivity index (χ3v) is 6.39. The summed E-state index contributed by atoms with van der Waals surface area (Å²) in [5.74, 6) is -0.559. The van der Waals surface area contributed by atoms with Crippen LogP contribution in [-0.2, 0) is 21.5 Å². The van der Waals surface area contributed by atoms with Crippen molar-refractivity contribution < 1.29 is 23.5 Å². The van der Waals surface area contributed by atoms with Crippen molar-refractivity contribution in [2.45, 2.75) is 32.7 Å². The Morgan fingerprint density at radius 1 is 1.16 bits per heavy atom. The molecule has 1 amide bonds. The SMILES string of the molecule is COC(=O)c1ccc(OC)c(Cc2ccc(F)c([C@@]3(C)N=C(N)N(C)C(=O)C3(C)C)c2)c1. The number of benzene rings is 2. The zero-order valence-electron chi connectivity index (χ0n) is 19.2. The van der Waals surface area contributed by atoms with Gasteiger partial charge in [-0.1, -0.05) is 12.1 Å². The van der Waals surface area contributed by atoms with Crippen LogP contribution in [0.3, 0.4) is 0 Å². The first-order chi connectivity index (χ1) is 15.0. The molecule has 1 atom stereocenters. The van der Waals surface area contributed by atoms with Crippen LogP contribution in [0.5, 0.6) is 5.75 Å². The van der Waals surface area contributed by atoms with Gasteiger partial charge in [0.15, 0.2) is 5.96 Å². The quantitative estimate of drug-likeness (QED) is 0.719. The lowest BCUT2D eigenvalue weighted by Crippen LogP contribution is -2.58. The highest BCUT2D eigenvalue weighted by atomic mass is 19.1. The molecule has 0 unspecified atom stereocenters. The molecule has 0 aliphatic carbocycles. The van der Waals surface area contributed by atoms with E-state index in [1.54, 1.807) is 58.2 Å². The van der Waals surface area contributed by atoms with E-state index in [4.69, 9.17) is 15.2 Å². The standard InChI is InChI=1S/C24H28FN3O4/c1-23(2)21(30)28(4)22(26)27-24(23,3)17-12-14(7-9-18(17)25)11-16-13-15(20(29)32-6)8-10-19(16)31-5/h7-10,12-13H,11H2,1-6H3,(H2,26,27)/t24-/m1/s1. The van der Waals surface area contributed by atoms with E-state index >= 15 is 4.39 Å². The molecule has 1 aliphatic heterocycles. The average Bonchev–Trinajstić information content (AvgIpc) is 2.77. The molecule has 2 aromatic rings. The molecule has 0 saturated heterocycles. The van der Waals surface area contributed by atoms with Gasteiger partial charge in [0.05, 0.1) is 25.2 Å². The number of guanidine groups is 1. The lowest BCUT2D eigenvalue weighted by atomic mass is 9.67. The van der Waals surface area contributed by atoms with Gasteiger partial charge < -0.3 is 15.2 Å². The van der Waals surface area contributed by atoms with E-state index < -0.39 is 22.7 Å². The van der Waals surface area contributed by atoms with Crippen LogP contribution in [0.25, 0.3) is 0 Å². The van der Waals surface area contributed by atoms with E-state index in [9.17, 15) is 9.59 Å². The number of methoxy groups -OCH3 is 2.